The lowest BCUT2D eigenvalue weighted by atomic mass is 10.1. The molecule has 0 aliphatic heterocycles. The van der Waals surface area contributed by atoms with E-state index >= 15 is 0 Å². The molecule has 0 aromatic heterocycles. The summed E-state index contributed by atoms with van der Waals surface area (Å²) < 4.78 is 28.3. The van der Waals surface area contributed by atoms with E-state index < -0.39 is 17.7 Å². The van der Waals surface area contributed by atoms with Crippen molar-refractivity contribution < 1.29 is 8.78 Å². The van der Waals surface area contributed by atoms with Crippen LogP contribution in [0.15, 0.2) is 40.9 Å². The lowest BCUT2D eigenvalue weighted by Crippen LogP contribution is -2.11. The highest BCUT2D eigenvalue weighted by atomic mass is 79.9. The average molecular weight is 326 g/mol. The van der Waals surface area contributed by atoms with Crippen LogP contribution in [-0.2, 0) is 0 Å². The molecule has 2 rings (SSSR count). The maximum absolute atomic E-state index is 13.7. The molecule has 0 amide bonds. The Morgan fingerprint density at radius 1 is 1.05 bits per heavy atom. The van der Waals surface area contributed by atoms with E-state index in [9.17, 15) is 8.78 Å². The summed E-state index contributed by atoms with van der Waals surface area (Å²) in [5.74, 6) is -1.07. The molecule has 0 aliphatic rings. The first-order valence-electron chi connectivity index (χ1n) is 5.96. The lowest BCUT2D eigenvalue weighted by molar-refractivity contribution is 0.544. The minimum atomic E-state index is -0.535. The molecule has 2 aromatic rings. The molecule has 0 spiro atoms. The van der Waals surface area contributed by atoms with Crippen LogP contribution in [0.4, 0.5) is 14.5 Å². The number of hydrogen-bond acceptors (Lipinski definition) is 1. The van der Waals surface area contributed by atoms with Gasteiger partial charge < -0.3 is 5.32 Å². The zero-order valence-corrected chi connectivity index (χ0v) is 12.3. The second kappa shape index (κ2) is 5.70. The maximum Gasteiger partial charge on any atom is 0.131 e. The molecular formula is C15H14BrF2N. The van der Waals surface area contributed by atoms with Gasteiger partial charge in [0.2, 0.25) is 0 Å². The molecule has 1 atom stereocenters. The largest absolute Gasteiger partial charge is 0.378 e. The highest BCUT2D eigenvalue weighted by molar-refractivity contribution is 9.10. The Kier molecular flexibility index (Phi) is 4.20. The van der Waals surface area contributed by atoms with Crippen LogP contribution in [0, 0.1) is 18.6 Å². The molecule has 0 heterocycles. The number of hydrogen-bond donors (Lipinski definition) is 1. The van der Waals surface area contributed by atoms with E-state index in [4.69, 9.17) is 0 Å². The first-order valence-corrected chi connectivity index (χ1v) is 6.75. The smallest absolute Gasteiger partial charge is 0.131 e. The monoisotopic (exact) mass is 325 g/mol. The van der Waals surface area contributed by atoms with Crippen molar-refractivity contribution in [2.24, 2.45) is 0 Å². The number of halogens is 3. The van der Waals surface area contributed by atoms with Gasteiger partial charge in [-0.1, -0.05) is 28.1 Å². The van der Waals surface area contributed by atoms with Crippen LogP contribution in [-0.4, -0.2) is 0 Å². The standard InChI is InChI=1S/C15H14BrF2N/c1-9-11(16)5-3-8-14(9)19-10(2)15-12(17)6-4-7-13(15)18/h3-8,10,19H,1-2H3. The Labute approximate surface area is 119 Å². The van der Waals surface area contributed by atoms with Gasteiger partial charge in [-0.15, -0.1) is 0 Å². The molecule has 1 unspecified atom stereocenters. The Morgan fingerprint density at radius 3 is 2.26 bits per heavy atom. The highest BCUT2D eigenvalue weighted by Gasteiger charge is 2.16. The normalized spacial score (nSPS) is 12.3. The lowest BCUT2D eigenvalue weighted by Gasteiger charge is -2.19. The summed E-state index contributed by atoms with van der Waals surface area (Å²) in [4.78, 5) is 0. The third-order valence-electron chi connectivity index (χ3n) is 3.07. The molecule has 100 valence electrons. The molecule has 0 fully saturated rings. The Balaban J connectivity index is 2.31. The topological polar surface area (TPSA) is 12.0 Å². The molecule has 0 bridgehead atoms. The fourth-order valence-electron chi connectivity index (χ4n) is 1.99. The van der Waals surface area contributed by atoms with Crippen LogP contribution in [0.3, 0.4) is 0 Å². The predicted octanol–water partition coefficient (Wildman–Crippen LogP) is 5.21. The predicted molar refractivity (Wildman–Crippen MR) is 77.3 cm³/mol. The van der Waals surface area contributed by atoms with E-state index in [1.54, 1.807) is 6.92 Å². The first kappa shape index (κ1) is 14.0. The molecule has 1 N–H and O–H groups in total. The van der Waals surface area contributed by atoms with Crippen molar-refractivity contribution in [2.75, 3.05) is 5.32 Å². The van der Waals surface area contributed by atoms with E-state index in [1.807, 2.05) is 25.1 Å². The SMILES string of the molecule is Cc1c(Br)cccc1NC(C)c1c(F)cccc1F. The first-order chi connectivity index (χ1) is 9.00. The summed E-state index contributed by atoms with van der Waals surface area (Å²) in [5.41, 5.74) is 1.91. The Morgan fingerprint density at radius 2 is 1.63 bits per heavy atom. The minimum Gasteiger partial charge on any atom is -0.378 e. The number of anilines is 1. The van der Waals surface area contributed by atoms with Gasteiger partial charge in [-0.05, 0) is 43.7 Å². The van der Waals surface area contributed by atoms with Crippen LogP contribution in [0.1, 0.15) is 24.1 Å². The second-order valence-electron chi connectivity index (χ2n) is 4.41. The van der Waals surface area contributed by atoms with E-state index in [0.29, 0.717) is 0 Å². The summed E-state index contributed by atoms with van der Waals surface area (Å²) in [6.45, 7) is 3.68. The molecule has 0 aliphatic carbocycles. The minimum absolute atomic E-state index is 0.0573. The summed E-state index contributed by atoms with van der Waals surface area (Å²) >= 11 is 3.43. The highest BCUT2D eigenvalue weighted by Crippen LogP contribution is 2.29. The summed E-state index contributed by atoms with van der Waals surface area (Å²) in [6.07, 6.45) is 0. The molecule has 0 saturated heterocycles. The van der Waals surface area contributed by atoms with Crippen molar-refractivity contribution >= 4 is 21.6 Å². The van der Waals surface area contributed by atoms with Gasteiger partial charge in [-0.3, -0.25) is 0 Å². The molecule has 0 radical (unpaired) electrons. The summed E-state index contributed by atoms with van der Waals surface area (Å²) in [5, 5.41) is 3.14. The number of nitrogens with one attached hydrogen (secondary N) is 1. The van der Waals surface area contributed by atoms with Crippen LogP contribution < -0.4 is 5.32 Å². The Bertz CT molecular complexity index is 578. The zero-order valence-electron chi connectivity index (χ0n) is 10.7. The van der Waals surface area contributed by atoms with E-state index in [2.05, 4.69) is 21.2 Å². The number of benzene rings is 2. The van der Waals surface area contributed by atoms with Crippen molar-refractivity contribution in [3.05, 3.63) is 63.6 Å². The van der Waals surface area contributed by atoms with E-state index in [1.165, 1.54) is 18.2 Å². The molecular weight excluding hydrogens is 312 g/mol. The second-order valence-corrected chi connectivity index (χ2v) is 5.27. The van der Waals surface area contributed by atoms with Crippen LogP contribution in [0.2, 0.25) is 0 Å². The molecule has 1 nitrogen and oxygen atoms in total. The van der Waals surface area contributed by atoms with Gasteiger partial charge >= 0.3 is 0 Å². The van der Waals surface area contributed by atoms with Gasteiger partial charge in [0.25, 0.3) is 0 Å². The fraction of sp³-hybridized carbons (Fsp3) is 0.200. The van der Waals surface area contributed by atoms with Crippen molar-refractivity contribution in [1.82, 2.24) is 0 Å². The van der Waals surface area contributed by atoms with Crippen molar-refractivity contribution in [1.29, 1.82) is 0 Å². The zero-order chi connectivity index (χ0) is 14.0. The maximum atomic E-state index is 13.7. The number of rotatable bonds is 3. The van der Waals surface area contributed by atoms with Gasteiger partial charge in [0.1, 0.15) is 11.6 Å². The molecule has 0 saturated carbocycles. The molecule has 2 aromatic carbocycles. The average Bonchev–Trinajstić information content (AvgIpc) is 2.35. The van der Waals surface area contributed by atoms with Gasteiger partial charge in [0.15, 0.2) is 0 Å². The van der Waals surface area contributed by atoms with Crippen molar-refractivity contribution in [2.45, 2.75) is 19.9 Å². The fourth-order valence-corrected chi connectivity index (χ4v) is 2.36. The van der Waals surface area contributed by atoms with Crippen molar-refractivity contribution in [3.8, 4) is 0 Å². The Hall–Kier alpha value is -1.42. The van der Waals surface area contributed by atoms with E-state index in [0.717, 1.165) is 15.7 Å². The third kappa shape index (κ3) is 2.95. The van der Waals surface area contributed by atoms with Crippen molar-refractivity contribution in [3.63, 3.8) is 0 Å². The summed E-state index contributed by atoms with van der Waals surface area (Å²) in [6, 6.07) is 9.14. The molecule has 19 heavy (non-hydrogen) atoms. The summed E-state index contributed by atoms with van der Waals surface area (Å²) in [7, 11) is 0. The van der Waals surface area contributed by atoms with Gasteiger partial charge in [0, 0.05) is 15.7 Å². The van der Waals surface area contributed by atoms with Gasteiger partial charge in [0.05, 0.1) is 6.04 Å². The quantitative estimate of drug-likeness (QED) is 0.816. The van der Waals surface area contributed by atoms with Crippen LogP contribution in [0.5, 0.6) is 0 Å². The van der Waals surface area contributed by atoms with Crippen LogP contribution in [0.25, 0.3) is 0 Å². The molecule has 4 heteroatoms. The van der Waals surface area contributed by atoms with Gasteiger partial charge in [-0.25, -0.2) is 8.78 Å². The van der Waals surface area contributed by atoms with E-state index in [-0.39, 0.29) is 5.56 Å². The van der Waals surface area contributed by atoms with Gasteiger partial charge in [-0.2, -0.15) is 0 Å². The third-order valence-corrected chi connectivity index (χ3v) is 3.93. The van der Waals surface area contributed by atoms with Crippen LogP contribution >= 0.6 is 15.9 Å².